The number of likely N-dealkylation sites (tertiary alicyclic amines) is 1. The van der Waals surface area contributed by atoms with E-state index < -0.39 is 0 Å². The molecule has 1 fully saturated rings. The average Bonchev–Trinajstić information content (AvgIpc) is 2.44. The van der Waals surface area contributed by atoms with Crippen molar-refractivity contribution in [1.29, 1.82) is 5.26 Å². The first-order chi connectivity index (χ1) is 9.67. The Morgan fingerprint density at radius 1 is 1.35 bits per heavy atom. The number of carbonyl (C=O) groups is 1. The zero-order valence-corrected chi connectivity index (χ0v) is 11.4. The second-order valence-corrected chi connectivity index (χ2v) is 5.09. The molecule has 20 heavy (non-hydrogen) atoms. The lowest BCUT2D eigenvalue weighted by molar-refractivity contribution is -0.117. The Labute approximate surface area is 118 Å². The molecule has 0 radical (unpaired) electrons. The maximum atomic E-state index is 11.9. The molecule has 1 amide bonds. The fourth-order valence-corrected chi connectivity index (χ4v) is 2.28. The van der Waals surface area contributed by atoms with Gasteiger partial charge in [-0.2, -0.15) is 5.26 Å². The van der Waals surface area contributed by atoms with Crippen LogP contribution >= 0.6 is 0 Å². The number of rotatable bonds is 4. The summed E-state index contributed by atoms with van der Waals surface area (Å²) in [7, 11) is 0. The second-order valence-electron chi connectivity index (χ2n) is 5.09. The van der Waals surface area contributed by atoms with E-state index in [2.05, 4.69) is 11.4 Å². The van der Waals surface area contributed by atoms with Crippen molar-refractivity contribution < 1.29 is 9.90 Å². The van der Waals surface area contributed by atoms with Gasteiger partial charge in [-0.05, 0) is 30.5 Å². The minimum absolute atomic E-state index is 0.0468. The number of hydrogen-bond donors (Lipinski definition) is 2. The lowest BCUT2D eigenvalue weighted by atomic mass is 10.1. The lowest BCUT2D eigenvalue weighted by Crippen LogP contribution is -2.40. The molecule has 1 aromatic carbocycles. The van der Waals surface area contributed by atoms with Crippen molar-refractivity contribution in [3.8, 4) is 6.07 Å². The molecule has 0 unspecified atom stereocenters. The number of nitriles is 1. The van der Waals surface area contributed by atoms with Crippen LogP contribution in [-0.4, -0.2) is 41.7 Å². The highest BCUT2D eigenvalue weighted by molar-refractivity contribution is 5.92. The zero-order valence-electron chi connectivity index (χ0n) is 11.4. The van der Waals surface area contributed by atoms with Crippen molar-refractivity contribution in [1.82, 2.24) is 4.90 Å². The van der Waals surface area contributed by atoms with Gasteiger partial charge in [0, 0.05) is 18.8 Å². The number of anilines is 1. The summed E-state index contributed by atoms with van der Waals surface area (Å²) in [4.78, 5) is 14.0. The molecule has 5 heteroatoms. The van der Waals surface area contributed by atoms with Gasteiger partial charge in [-0.1, -0.05) is 12.1 Å². The van der Waals surface area contributed by atoms with Crippen molar-refractivity contribution >= 4 is 11.6 Å². The third-order valence-corrected chi connectivity index (χ3v) is 3.45. The van der Waals surface area contributed by atoms with E-state index in [0.29, 0.717) is 13.0 Å². The SMILES string of the molecule is N#CCc1ccc(NC(=O)CN2CCC(O)CC2)cc1. The number of benzene rings is 1. The molecule has 0 aliphatic carbocycles. The maximum absolute atomic E-state index is 11.9. The van der Waals surface area contributed by atoms with Gasteiger partial charge in [0.15, 0.2) is 0 Å². The van der Waals surface area contributed by atoms with E-state index in [1.165, 1.54) is 0 Å². The Morgan fingerprint density at radius 3 is 2.60 bits per heavy atom. The third kappa shape index (κ3) is 4.34. The Kier molecular flexibility index (Phi) is 5.10. The van der Waals surface area contributed by atoms with Crippen LogP contribution in [-0.2, 0) is 11.2 Å². The van der Waals surface area contributed by atoms with Gasteiger partial charge < -0.3 is 10.4 Å². The lowest BCUT2D eigenvalue weighted by Gasteiger charge is -2.28. The van der Waals surface area contributed by atoms with E-state index in [1.807, 2.05) is 29.2 Å². The summed E-state index contributed by atoms with van der Waals surface area (Å²) in [6.07, 6.45) is 1.62. The van der Waals surface area contributed by atoms with Crippen LogP contribution in [0, 0.1) is 11.3 Å². The summed E-state index contributed by atoms with van der Waals surface area (Å²) in [6, 6.07) is 9.39. The number of aliphatic hydroxyl groups is 1. The van der Waals surface area contributed by atoms with Gasteiger partial charge in [0.2, 0.25) is 5.91 Å². The highest BCUT2D eigenvalue weighted by atomic mass is 16.3. The number of piperidine rings is 1. The molecule has 2 N–H and O–H groups in total. The molecule has 5 nitrogen and oxygen atoms in total. The molecule has 1 aliphatic heterocycles. The third-order valence-electron chi connectivity index (χ3n) is 3.45. The van der Waals surface area contributed by atoms with Gasteiger partial charge in [0.1, 0.15) is 0 Å². The molecule has 0 atom stereocenters. The summed E-state index contributed by atoms with van der Waals surface area (Å²) in [5, 5.41) is 20.9. The summed E-state index contributed by atoms with van der Waals surface area (Å²) >= 11 is 0. The largest absolute Gasteiger partial charge is 0.393 e. The molecule has 0 saturated carbocycles. The van der Waals surface area contributed by atoms with Crippen molar-refractivity contribution in [2.24, 2.45) is 0 Å². The van der Waals surface area contributed by atoms with Crippen molar-refractivity contribution in [3.63, 3.8) is 0 Å². The first kappa shape index (κ1) is 14.5. The summed E-state index contributed by atoms with van der Waals surface area (Å²) in [5.41, 5.74) is 1.68. The van der Waals surface area contributed by atoms with Crippen LogP contribution in [0.1, 0.15) is 18.4 Å². The first-order valence-electron chi connectivity index (χ1n) is 6.83. The van der Waals surface area contributed by atoms with Crippen LogP contribution in [0.4, 0.5) is 5.69 Å². The van der Waals surface area contributed by atoms with E-state index in [9.17, 15) is 9.90 Å². The smallest absolute Gasteiger partial charge is 0.238 e. The molecular formula is C15H19N3O2. The normalized spacial score (nSPS) is 16.6. The van der Waals surface area contributed by atoms with E-state index in [4.69, 9.17) is 5.26 Å². The Hall–Kier alpha value is -1.90. The second kappa shape index (κ2) is 7.04. The molecule has 0 bridgehead atoms. The number of aliphatic hydroxyl groups excluding tert-OH is 1. The topological polar surface area (TPSA) is 76.4 Å². The van der Waals surface area contributed by atoms with Crippen molar-refractivity contribution in [2.75, 3.05) is 25.0 Å². The van der Waals surface area contributed by atoms with Crippen LogP contribution in [0.5, 0.6) is 0 Å². The predicted molar refractivity (Wildman–Crippen MR) is 76.1 cm³/mol. The monoisotopic (exact) mass is 273 g/mol. The molecular weight excluding hydrogens is 254 g/mol. The number of amides is 1. The summed E-state index contributed by atoms with van der Waals surface area (Å²) < 4.78 is 0. The summed E-state index contributed by atoms with van der Waals surface area (Å²) in [5.74, 6) is -0.0468. The minimum atomic E-state index is -0.220. The van der Waals surface area contributed by atoms with Gasteiger partial charge in [-0.15, -0.1) is 0 Å². The summed E-state index contributed by atoms with van der Waals surface area (Å²) in [6.45, 7) is 1.87. The number of carbonyl (C=O) groups excluding carboxylic acids is 1. The standard InChI is InChI=1S/C15H19N3O2/c16-8-5-12-1-3-13(4-2-12)17-15(20)11-18-9-6-14(19)7-10-18/h1-4,14,19H,5-7,9-11H2,(H,17,20). The molecule has 0 aromatic heterocycles. The zero-order chi connectivity index (χ0) is 14.4. The first-order valence-corrected chi connectivity index (χ1v) is 6.83. The molecule has 1 aliphatic rings. The highest BCUT2D eigenvalue weighted by Gasteiger charge is 2.18. The predicted octanol–water partition coefficient (Wildman–Crippen LogP) is 1.15. The van der Waals surface area contributed by atoms with Crippen LogP contribution in [0.2, 0.25) is 0 Å². The fraction of sp³-hybridized carbons (Fsp3) is 0.467. The van der Waals surface area contributed by atoms with Gasteiger partial charge in [0.05, 0.1) is 25.1 Å². The molecule has 2 rings (SSSR count). The number of nitrogens with one attached hydrogen (secondary N) is 1. The van der Waals surface area contributed by atoms with E-state index >= 15 is 0 Å². The van der Waals surface area contributed by atoms with Gasteiger partial charge in [-0.25, -0.2) is 0 Å². The van der Waals surface area contributed by atoms with Crippen LogP contribution in [0.3, 0.4) is 0 Å². The van der Waals surface area contributed by atoms with Gasteiger partial charge in [-0.3, -0.25) is 9.69 Å². The van der Waals surface area contributed by atoms with Gasteiger partial charge >= 0.3 is 0 Å². The van der Waals surface area contributed by atoms with Crippen molar-refractivity contribution in [3.05, 3.63) is 29.8 Å². The highest BCUT2D eigenvalue weighted by Crippen LogP contribution is 2.12. The quantitative estimate of drug-likeness (QED) is 0.862. The average molecular weight is 273 g/mol. The van der Waals surface area contributed by atoms with Crippen LogP contribution in [0.15, 0.2) is 24.3 Å². The van der Waals surface area contributed by atoms with Crippen LogP contribution in [0.25, 0.3) is 0 Å². The molecule has 1 aromatic rings. The molecule has 1 heterocycles. The van der Waals surface area contributed by atoms with E-state index in [1.54, 1.807) is 0 Å². The van der Waals surface area contributed by atoms with Crippen molar-refractivity contribution in [2.45, 2.75) is 25.4 Å². The number of hydrogen-bond acceptors (Lipinski definition) is 4. The Balaban J connectivity index is 1.80. The van der Waals surface area contributed by atoms with E-state index in [0.717, 1.165) is 37.2 Å². The minimum Gasteiger partial charge on any atom is -0.393 e. The maximum Gasteiger partial charge on any atom is 0.238 e. The van der Waals surface area contributed by atoms with Gasteiger partial charge in [0.25, 0.3) is 0 Å². The Morgan fingerprint density at radius 2 is 2.00 bits per heavy atom. The number of nitrogens with zero attached hydrogens (tertiary/aromatic N) is 2. The fourth-order valence-electron chi connectivity index (χ4n) is 2.28. The molecule has 1 saturated heterocycles. The molecule has 0 spiro atoms. The molecule has 106 valence electrons. The Bertz CT molecular complexity index is 485. The van der Waals surface area contributed by atoms with E-state index in [-0.39, 0.29) is 12.0 Å². The van der Waals surface area contributed by atoms with Crippen LogP contribution < -0.4 is 5.32 Å².